The van der Waals surface area contributed by atoms with Crippen LogP contribution < -0.4 is 11.2 Å². The third kappa shape index (κ3) is 3.68. The summed E-state index contributed by atoms with van der Waals surface area (Å²) in [5, 5.41) is 0.0225. The molecule has 0 bridgehead atoms. The van der Waals surface area contributed by atoms with Gasteiger partial charge in [-0.25, -0.2) is 18.7 Å². The zero-order valence-electron chi connectivity index (χ0n) is 17.4. The molecule has 32 heavy (non-hydrogen) atoms. The van der Waals surface area contributed by atoms with Gasteiger partial charge in [-0.2, -0.15) is 0 Å². The van der Waals surface area contributed by atoms with E-state index in [0.717, 1.165) is 16.7 Å². The van der Waals surface area contributed by atoms with Crippen molar-refractivity contribution >= 4 is 34.6 Å². The van der Waals surface area contributed by atoms with Gasteiger partial charge in [-0.05, 0) is 18.2 Å². The SMILES string of the molecule is Cn1cnc2c1c(=O)n(CC(=O)N1CCN(C(=O)c3ccc(F)cc3Cl)CC1)c(=O)n2C. The molecule has 0 N–H and O–H groups in total. The second kappa shape index (κ2) is 8.23. The Bertz CT molecular complexity index is 1350. The van der Waals surface area contributed by atoms with Gasteiger partial charge < -0.3 is 14.4 Å². The maximum atomic E-state index is 13.2. The van der Waals surface area contributed by atoms with Gasteiger partial charge in [-0.3, -0.25) is 19.0 Å². The summed E-state index contributed by atoms with van der Waals surface area (Å²) in [5.74, 6) is -1.29. The van der Waals surface area contributed by atoms with E-state index in [1.54, 1.807) is 7.05 Å². The van der Waals surface area contributed by atoms with Gasteiger partial charge in [0.2, 0.25) is 5.91 Å². The molecule has 1 aliphatic heterocycles. The van der Waals surface area contributed by atoms with Crippen molar-refractivity contribution in [3.05, 3.63) is 61.8 Å². The first-order chi connectivity index (χ1) is 15.2. The number of hydrogen-bond donors (Lipinski definition) is 0. The molecule has 0 saturated carbocycles. The summed E-state index contributed by atoms with van der Waals surface area (Å²) in [6.45, 7) is 0.529. The van der Waals surface area contributed by atoms with E-state index in [1.807, 2.05) is 0 Å². The average Bonchev–Trinajstić information content (AvgIpc) is 3.16. The minimum Gasteiger partial charge on any atom is -0.338 e. The van der Waals surface area contributed by atoms with Crippen LogP contribution in [0.4, 0.5) is 4.39 Å². The number of halogens is 2. The molecule has 10 nitrogen and oxygen atoms in total. The predicted molar refractivity (Wildman–Crippen MR) is 114 cm³/mol. The zero-order chi connectivity index (χ0) is 23.2. The third-order valence-electron chi connectivity index (χ3n) is 5.58. The lowest BCUT2D eigenvalue weighted by Gasteiger charge is -2.35. The molecule has 1 aliphatic rings. The quantitative estimate of drug-likeness (QED) is 0.553. The molecule has 0 aliphatic carbocycles. The van der Waals surface area contributed by atoms with Crippen LogP contribution in [0.15, 0.2) is 34.1 Å². The Morgan fingerprint density at radius 3 is 2.41 bits per heavy atom. The molecular formula is C20H20ClFN6O4. The first-order valence-electron chi connectivity index (χ1n) is 9.82. The first-order valence-corrected chi connectivity index (χ1v) is 10.2. The molecule has 2 amide bonds. The molecule has 4 rings (SSSR count). The fourth-order valence-corrected chi connectivity index (χ4v) is 4.01. The number of fused-ring (bicyclic) bond motifs is 1. The minimum absolute atomic E-state index is 0.0225. The van der Waals surface area contributed by atoms with E-state index in [0.29, 0.717) is 0 Å². The lowest BCUT2D eigenvalue weighted by atomic mass is 10.1. The van der Waals surface area contributed by atoms with Crippen molar-refractivity contribution in [2.75, 3.05) is 26.2 Å². The topological polar surface area (TPSA) is 102 Å². The number of carbonyl (C=O) groups excluding carboxylic acids is 2. The highest BCUT2D eigenvalue weighted by Crippen LogP contribution is 2.20. The number of aryl methyl sites for hydroxylation is 2. The Balaban J connectivity index is 1.48. The standard InChI is InChI=1S/C20H20ClFN6O4/c1-24-11-23-17-16(24)19(31)28(20(32)25(17)2)10-15(29)26-5-7-27(8-6-26)18(30)13-4-3-12(22)9-14(13)21/h3-4,9,11H,5-8,10H2,1-2H3. The van der Waals surface area contributed by atoms with E-state index >= 15 is 0 Å². The average molecular weight is 463 g/mol. The first kappa shape index (κ1) is 21.8. The number of imidazole rings is 1. The van der Waals surface area contributed by atoms with Crippen LogP contribution in [0.1, 0.15) is 10.4 Å². The van der Waals surface area contributed by atoms with Gasteiger partial charge in [0.05, 0.1) is 16.9 Å². The molecule has 168 valence electrons. The molecule has 2 aromatic heterocycles. The zero-order valence-corrected chi connectivity index (χ0v) is 18.2. The van der Waals surface area contributed by atoms with E-state index < -0.39 is 29.5 Å². The van der Waals surface area contributed by atoms with Crippen LogP contribution in [0.2, 0.25) is 5.02 Å². The summed E-state index contributed by atoms with van der Waals surface area (Å²) < 4.78 is 16.9. The van der Waals surface area contributed by atoms with Crippen molar-refractivity contribution < 1.29 is 14.0 Å². The van der Waals surface area contributed by atoms with E-state index in [9.17, 15) is 23.6 Å². The monoisotopic (exact) mass is 462 g/mol. The smallest absolute Gasteiger partial charge is 0.332 e. The van der Waals surface area contributed by atoms with Crippen molar-refractivity contribution in [1.82, 2.24) is 28.5 Å². The van der Waals surface area contributed by atoms with Crippen molar-refractivity contribution in [3.8, 4) is 0 Å². The number of piperazine rings is 1. The van der Waals surface area contributed by atoms with E-state index in [4.69, 9.17) is 11.6 Å². The van der Waals surface area contributed by atoms with Crippen molar-refractivity contribution in [1.29, 1.82) is 0 Å². The van der Waals surface area contributed by atoms with Gasteiger partial charge in [0.25, 0.3) is 11.5 Å². The van der Waals surface area contributed by atoms with Crippen LogP contribution in [-0.4, -0.2) is 66.5 Å². The molecule has 1 saturated heterocycles. The van der Waals surface area contributed by atoms with E-state index in [1.165, 1.54) is 38.4 Å². The van der Waals surface area contributed by atoms with Gasteiger partial charge in [0.15, 0.2) is 11.2 Å². The number of rotatable bonds is 3. The van der Waals surface area contributed by atoms with Crippen LogP contribution >= 0.6 is 11.6 Å². The lowest BCUT2D eigenvalue weighted by Crippen LogP contribution is -2.52. The summed E-state index contributed by atoms with van der Waals surface area (Å²) >= 11 is 5.98. The van der Waals surface area contributed by atoms with Gasteiger partial charge in [0, 0.05) is 40.3 Å². The summed E-state index contributed by atoms with van der Waals surface area (Å²) in [6.07, 6.45) is 1.43. The van der Waals surface area contributed by atoms with Crippen LogP contribution in [0.5, 0.6) is 0 Å². The Hall–Kier alpha value is -3.47. The van der Waals surface area contributed by atoms with Gasteiger partial charge in [-0.15, -0.1) is 0 Å². The fraction of sp³-hybridized carbons (Fsp3) is 0.350. The molecule has 3 heterocycles. The molecule has 1 aromatic carbocycles. The third-order valence-corrected chi connectivity index (χ3v) is 5.89. The molecule has 0 radical (unpaired) electrons. The largest absolute Gasteiger partial charge is 0.338 e. The Labute approximate surface area is 186 Å². The molecule has 12 heteroatoms. The number of amides is 2. The van der Waals surface area contributed by atoms with Crippen molar-refractivity contribution in [2.24, 2.45) is 14.1 Å². The highest BCUT2D eigenvalue weighted by molar-refractivity contribution is 6.33. The maximum absolute atomic E-state index is 13.2. The van der Waals surface area contributed by atoms with E-state index in [2.05, 4.69) is 4.98 Å². The molecular weight excluding hydrogens is 443 g/mol. The Morgan fingerprint density at radius 2 is 1.75 bits per heavy atom. The summed E-state index contributed by atoms with van der Waals surface area (Å²) in [7, 11) is 3.13. The lowest BCUT2D eigenvalue weighted by molar-refractivity contribution is -0.133. The van der Waals surface area contributed by atoms with Crippen LogP contribution in [0.3, 0.4) is 0 Å². The Kier molecular flexibility index (Phi) is 5.59. The molecule has 0 spiro atoms. The minimum atomic E-state index is -0.630. The number of hydrogen-bond acceptors (Lipinski definition) is 5. The van der Waals surface area contributed by atoms with Crippen molar-refractivity contribution in [3.63, 3.8) is 0 Å². The van der Waals surface area contributed by atoms with Gasteiger partial charge in [0.1, 0.15) is 12.4 Å². The fourth-order valence-electron chi connectivity index (χ4n) is 3.76. The maximum Gasteiger partial charge on any atom is 0.332 e. The summed E-state index contributed by atoms with van der Waals surface area (Å²) in [5.41, 5.74) is -0.554. The van der Waals surface area contributed by atoms with Crippen LogP contribution in [0.25, 0.3) is 11.2 Å². The highest BCUT2D eigenvalue weighted by atomic mass is 35.5. The molecule has 3 aromatic rings. The number of nitrogens with zero attached hydrogens (tertiary/aromatic N) is 6. The van der Waals surface area contributed by atoms with Gasteiger partial charge >= 0.3 is 5.69 Å². The molecule has 0 unspecified atom stereocenters. The van der Waals surface area contributed by atoms with Crippen LogP contribution in [0, 0.1) is 5.82 Å². The predicted octanol–water partition coefficient (Wildman–Crippen LogP) is 0.211. The second-order valence-electron chi connectivity index (χ2n) is 7.56. The normalized spacial score (nSPS) is 14.2. The second-order valence-corrected chi connectivity index (χ2v) is 7.96. The Morgan fingerprint density at radius 1 is 1.09 bits per heavy atom. The summed E-state index contributed by atoms with van der Waals surface area (Å²) in [6, 6.07) is 3.57. The number of benzene rings is 1. The molecule has 0 atom stereocenters. The molecule has 1 fully saturated rings. The van der Waals surface area contributed by atoms with E-state index in [-0.39, 0.29) is 53.8 Å². The van der Waals surface area contributed by atoms with Crippen LogP contribution in [-0.2, 0) is 25.4 Å². The number of aromatic nitrogens is 4. The number of carbonyl (C=O) groups is 2. The summed E-state index contributed by atoms with van der Waals surface area (Å²) in [4.78, 5) is 57.9. The van der Waals surface area contributed by atoms with Gasteiger partial charge in [-0.1, -0.05) is 11.6 Å². The van der Waals surface area contributed by atoms with Crippen molar-refractivity contribution in [2.45, 2.75) is 6.54 Å². The highest BCUT2D eigenvalue weighted by Gasteiger charge is 2.27.